The highest BCUT2D eigenvalue weighted by atomic mass is 16.5. The van der Waals surface area contributed by atoms with Crippen LogP contribution in [0.1, 0.15) is 46.1 Å². The Bertz CT molecular complexity index is 520. The highest BCUT2D eigenvalue weighted by Crippen LogP contribution is 2.29. The molecule has 3 N–H and O–H groups in total. The highest BCUT2D eigenvalue weighted by Gasteiger charge is 2.41. The fraction of sp³-hybridized carbons (Fsp3) is 0.588. The van der Waals surface area contributed by atoms with Crippen LogP contribution < -0.4 is 10.1 Å². The number of hydrogen-bond acceptors (Lipinski definition) is 3. The summed E-state index contributed by atoms with van der Waals surface area (Å²) in [5.74, 6) is 0.640. The summed E-state index contributed by atoms with van der Waals surface area (Å²) in [4.78, 5) is 4.72. The summed E-state index contributed by atoms with van der Waals surface area (Å²) >= 11 is 0. The first-order chi connectivity index (χ1) is 9.72. The summed E-state index contributed by atoms with van der Waals surface area (Å²) < 4.78 is 5.13. The first-order valence-electron chi connectivity index (χ1n) is 7.49. The third-order valence-corrected chi connectivity index (χ3v) is 3.98. The fourth-order valence-corrected chi connectivity index (χ4v) is 3.56. The number of hydrogen-bond donors (Lipinski definition) is 2. The second-order valence-electron chi connectivity index (χ2n) is 7.36. The summed E-state index contributed by atoms with van der Waals surface area (Å²) in [5, 5.41) is 12.5. The minimum atomic E-state index is 0.157. The lowest BCUT2D eigenvalue weighted by atomic mass is 9.80. The zero-order chi connectivity index (χ0) is 15.7. The molecule has 0 unspecified atom stereocenters. The maximum Gasteiger partial charge on any atom is 0.166 e. The van der Waals surface area contributed by atoms with Gasteiger partial charge in [-0.3, -0.25) is 4.99 Å². The normalized spacial score (nSPS) is 21.6. The maximum atomic E-state index is 10.1. The number of phenolic OH excluding ortho intramolecular Hbond substituents is 1. The van der Waals surface area contributed by atoms with Gasteiger partial charge in [0.15, 0.2) is 11.5 Å². The second-order valence-corrected chi connectivity index (χ2v) is 7.36. The quantitative estimate of drug-likeness (QED) is 0.838. The fourth-order valence-electron chi connectivity index (χ4n) is 3.56. The molecule has 0 aromatic heterocycles. The molecule has 1 aromatic rings. The summed E-state index contributed by atoms with van der Waals surface area (Å²) in [6.45, 7) is 9.05. The van der Waals surface area contributed by atoms with Crippen molar-refractivity contribution in [1.82, 2.24) is 0 Å². The van der Waals surface area contributed by atoms with Gasteiger partial charge in [-0.2, -0.15) is 0 Å². The number of methoxy groups -OCH3 is 1. The summed E-state index contributed by atoms with van der Waals surface area (Å²) in [6.07, 6.45) is 3.86. The predicted octanol–water partition coefficient (Wildman–Crippen LogP) is 2.10. The third kappa shape index (κ3) is 3.97. The van der Waals surface area contributed by atoms with E-state index in [-0.39, 0.29) is 22.9 Å². The number of rotatable bonds is 3. The van der Waals surface area contributed by atoms with Crippen LogP contribution in [0.2, 0.25) is 0 Å². The molecular formula is C17H27N2O2+. The molecule has 0 radical (unpaired) electrons. The molecule has 2 rings (SSSR count). The molecule has 4 nitrogen and oxygen atoms in total. The van der Waals surface area contributed by atoms with E-state index in [0.717, 1.165) is 12.8 Å². The molecule has 21 heavy (non-hydrogen) atoms. The summed E-state index contributed by atoms with van der Waals surface area (Å²) in [6, 6.07) is 5.74. The van der Waals surface area contributed by atoms with Crippen LogP contribution in [0, 0.1) is 0 Å². The van der Waals surface area contributed by atoms with E-state index >= 15 is 0 Å². The van der Waals surface area contributed by atoms with E-state index in [2.05, 4.69) is 33.0 Å². The minimum Gasteiger partial charge on any atom is -0.504 e. The minimum absolute atomic E-state index is 0.157. The number of benzene rings is 1. The van der Waals surface area contributed by atoms with E-state index < -0.39 is 0 Å². The Kier molecular flexibility index (Phi) is 4.28. The van der Waals surface area contributed by atoms with Gasteiger partial charge in [0.1, 0.15) is 0 Å². The van der Waals surface area contributed by atoms with E-state index in [1.807, 2.05) is 12.1 Å². The number of para-hydroxylation sites is 1. The Morgan fingerprint density at radius 3 is 2.43 bits per heavy atom. The molecule has 4 heteroatoms. The van der Waals surface area contributed by atoms with E-state index in [9.17, 15) is 5.11 Å². The van der Waals surface area contributed by atoms with Crippen LogP contribution in [0.25, 0.3) is 0 Å². The van der Waals surface area contributed by atoms with E-state index in [4.69, 9.17) is 9.73 Å². The van der Waals surface area contributed by atoms with Crippen molar-refractivity contribution in [3.63, 3.8) is 0 Å². The second kappa shape index (κ2) is 5.68. The first kappa shape index (κ1) is 15.8. The van der Waals surface area contributed by atoms with Crippen LogP contribution in [0.3, 0.4) is 0 Å². The largest absolute Gasteiger partial charge is 0.504 e. The molecule has 116 valence electrons. The van der Waals surface area contributed by atoms with Gasteiger partial charge in [-0.25, -0.2) is 0 Å². The highest BCUT2D eigenvalue weighted by molar-refractivity contribution is 5.84. The molecule has 0 spiro atoms. The zero-order valence-electron chi connectivity index (χ0n) is 13.7. The van der Waals surface area contributed by atoms with Gasteiger partial charge in [-0.1, -0.05) is 6.07 Å². The van der Waals surface area contributed by atoms with Crippen LogP contribution in [-0.4, -0.2) is 35.6 Å². The first-order valence-corrected chi connectivity index (χ1v) is 7.49. The van der Waals surface area contributed by atoms with Gasteiger partial charge >= 0.3 is 0 Å². The Balaban J connectivity index is 2.17. The Hall–Kier alpha value is -1.55. The smallest absolute Gasteiger partial charge is 0.166 e. The van der Waals surface area contributed by atoms with Gasteiger partial charge in [0.25, 0.3) is 0 Å². The van der Waals surface area contributed by atoms with E-state index in [1.54, 1.807) is 19.4 Å². The molecular weight excluding hydrogens is 264 g/mol. The number of nitrogens with zero attached hydrogens (tertiary/aromatic N) is 1. The Labute approximate surface area is 127 Å². The number of nitrogens with two attached hydrogens (primary N) is 1. The number of aromatic hydroxyl groups is 1. The Morgan fingerprint density at radius 2 is 1.86 bits per heavy atom. The molecule has 0 amide bonds. The molecule has 1 aliphatic heterocycles. The standard InChI is InChI=1S/C17H26N2O2/c1-16(2)9-13(10-17(3,4)19-16)18-11-12-7-6-8-14(21-5)15(12)20/h6-8,11,13,19-20H,9-10H2,1-5H3/p+1. The lowest BCUT2D eigenvalue weighted by molar-refractivity contribution is -0.787. The van der Waals surface area contributed by atoms with Crippen LogP contribution in [0.4, 0.5) is 0 Å². The summed E-state index contributed by atoms with van der Waals surface area (Å²) in [7, 11) is 1.55. The van der Waals surface area contributed by atoms with Crippen molar-refractivity contribution < 1.29 is 15.2 Å². The summed E-state index contributed by atoms with van der Waals surface area (Å²) in [5.41, 5.74) is 1.10. The van der Waals surface area contributed by atoms with Gasteiger partial charge in [-0.15, -0.1) is 0 Å². The SMILES string of the molecule is COc1cccc(C=NC2CC(C)(C)[NH2+]C(C)(C)C2)c1O. The van der Waals surface area contributed by atoms with Crippen molar-refractivity contribution in [1.29, 1.82) is 0 Å². The number of phenols is 1. The molecule has 1 aliphatic rings. The van der Waals surface area contributed by atoms with Crippen molar-refractivity contribution in [3.05, 3.63) is 23.8 Å². The van der Waals surface area contributed by atoms with Gasteiger partial charge in [0.05, 0.1) is 24.2 Å². The zero-order valence-corrected chi connectivity index (χ0v) is 13.7. The van der Waals surface area contributed by atoms with Crippen molar-refractivity contribution in [3.8, 4) is 11.5 Å². The van der Waals surface area contributed by atoms with Crippen molar-refractivity contribution in [2.75, 3.05) is 7.11 Å². The van der Waals surface area contributed by atoms with E-state index in [0.29, 0.717) is 11.3 Å². The average molecular weight is 291 g/mol. The van der Waals surface area contributed by atoms with Crippen LogP contribution in [0.5, 0.6) is 11.5 Å². The number of ether oxygens (including phenoxy) is 1. The van der Waals surface area contributed by atoms with Crippen molar-refractivity contribution in [2.45, 2.75) is 57.7 Å². The number of piperidine rings is 1. The third-order valence-electron chi connectivity index (χ3n) is 3.98. The molecule has 0 bridgehead atoms. The average Bonchev–Trinajstić information content (AvgIpc) is 2.34. The van der Waals surface area contributed by atoms with Gasteiger partial charge < -0.3 is 15.2 Å². The monoisotopic (exact) mass is 291 g/mol. The molecule has 1 aromatic carbocycles. The number of quaternary nitrogens is 1. The predicted molar refractivity (Wildman–Crippen MR) is 85.4 cm³/mol. The van der Waals surface area contributed by atoms with E-state index in [1.165, 1.54) is 0 Å². The Morgan fingerprint density at radius 1 is 1.24 bits per heavy atom. The lowest BCUT2D eigenvalue weighted by Crippen LogP contribution is -3.05. The van der Waals surface area contributed by atoms with Gasteiger partial charge in [-0.05, 0) is 39.8 Å². The molecule has 1 heterocycles. The maximum absolute atomic E-state index is 10.1. The van der Waals surface area contributed by atoms with Gasteiger partial charge in [0.2, 0.25) is 0 Å². The van der Waals surface area contributed by atoms with Crippen LogP contribution in [0.15, 0.2) is 23.2 Å². The van der Waals surface area contributed by atoms with Crippen LogP contribution in [-0.2, 0) is 0 Å². The molecule has 1 saturated heterocycles. The topological polar surface area (TPSA) is 58.4 Å². The molecule has 0 atom stereocenters. The molecule has 0 saturated carbocycles. The molecule has 0 aliphatic carbocycles. The van der Waals surface area contributed by atoms with Crippen LogP contribution >= 0.6 is 0 Å². The van der Waals surface area contributed by atoms with Gasteiger partial charge in [0, 0.05) is 24.6 Å². The van der Waals surface area contributed by atoms with Crippen molar-refractivity contribution in [2.24, 2.45) is 4.99 Å². The lowest BCUT2D eigenvalue weighted by Gasteiger charge is -2.41. The number of aliphatic imine (C=N–C) groups is 1. The molecule has 1 fully saturated rings. The van der Waals surface area contributed by atoms with Crippen molar-refractivity contribution >= 4 is 6.21 Å².